The van der Waals surface area contributed by atoms with Gasteiger partial charge in [0.25, 0.3) is 0 Å². The molecule has 0 aromatic carbocycles. The highest BCUT2D eigenvalue weighted by Gasteiger charge is 2.62. The van der Waals surface area contributed by atoms with E-state index in [9.17, 15) is 24.6 Å². The van der Waals surface area contributed by atoms with Gasteiger partial charge >= 0.3 is 0 Å². The van der Waals surface area contributed by atoms with Gasteiger partial charge in [0.05, 0.1) is 5.92 Å². The maximum absolute atomic E-state index is 13.0. The van der Waals surface area contributed by atoms with Crippen molar-refractivity contribution in [3.63, 3.8) is 0 Å². The molecule has 0 amide bonds. The van der Waals surface area contributed by atoms with Crippen molar-refractivity contribution in [3.05, 3.63) is 22.7 Å². The molecule has 140 valence electrons. The van der Waals surface area contributed by atoms with E-state index < -0.39 is 22.9 Å². The van der Waals surface area contributed by atoms with E-state index in [1.165, 1.54) is 6.92 Å². The van der Waals surface area contributed by atoms with E-state index in [-0.39, 0.29) is 34.6 Å². The quantitative estimate of drug-likeness (QED) is 0.699. The second-order valence-electron chi connectivity index (χ2n) is 9.07. The molecule has 1 unspecified atom stereocenters. The summed E-state index contributed by atoms with van der Waals surface area (Å²) in [6, 6.07) is 0. The van der Waals surface area contributed by atoms with E-state index in [1.807, 2.05) is 6.92 Å². The van der Waals surface area contributed by atoms with Crippen molar-refractivity contribution in [1.82, 2.24) is 0 Å². The molecule has 4 rings (SSSR count). The van der Waals surface area contributed by atoms with Gasteiger partial charge in [-0.15, -0.1) is 0 Å². The maximum Gasteiger partial charge on any atom is 0.208 e. The van der Waals surface area contributed by atoms with Crippen LogP contribution >= 0.6 is 0 Å². The van der Waals surface area contributed by atoms with Gasteiger partial charge in [-0.05, 0) is 43.9 Å². The summed E-state index contributed by atoms with van der Waals surface area (Å²) < 4.78 is 0. The Hall–Kier alpha value is -1.91. The minimum Gasteiger partial charge on any atom is -0.504 e. The molecule has 26 heavy (non-hydrogen) atoms. The van der Waals surface area contributed by atoms with Crippen LogP contribution in [-0.2, 0) is 14.4 Å². The average molecular weight is 358 g/mol. The summed E-state index contributed by atoms with van der Waals surface area (Å²) in [5, 5.41) is 21.4. The maximum atomic E-state index is 13.0. The fraction of sp³-hybridized carbons (Fsp3) is 0.667. The number of ketones is 3. The Balaban J connectivity index is 1.94. The first-order valence-electron chi connectivity index (χ1n) is 9.60. The van der Waals surface area contributed by atoms with Crippen molar-refractivity contribution in [3.8, 4) is 0 Å². The van der Waals surface area contributed by atoms with Gasteiger partial charge in [-0.3, -0.25) is 14.4 Å². The van der Waals surface area contributed by atoms with Crippen LogP contribution in [0.2, 0.25) is 0 Å². The first kappa shape index (κ1) is 17.5. The van der Waals surface area contributed by atoms with Gasteiger partial charge in [0.15, 0.2) is 11.5 Å². The zero-order valence-corrected chi connectivity index (χ0v) is 15.6. The molecule has 0 saturated heterocycles. The average Bonchev–Trinajstić information content (AvgIpc) is 2.78. The molecule has 4 aliphatic carbocycles. The van der Waals surface area contributed by atoms with Crippen LogP contribution in [0.5, 0.6) is 0 Å². The van der Waals surface area contributed by atoms with Gasteiger partial charge < -0.3 is 10.2 Å². The predicted octanol–water partition coefficient (Wildman–Crippen LogP) is 3.59. The molecule has 5 nitrogen and oxygen atoms in total. The lowest BCUT2D eigenvalue weighted by atomic mass is 9.48. The van der Waals surface area contributed by atoms with Crippen LogP contribution in [-0.4, -0.2) is 27.6 Å². The highest BCUT2D eigenvalue weighted by atomic mass is 16.3. The highest BCUT2D eigenvalue weighted by molar-refractivity contribution is 6.13. The second-order valence-corrected chi connectivity index (χ2v) is 9.07. The third-order valence-corrected chi connectivity index (χ3v) is 7.77. The lowest BCUT2D eigenvalue weighted by Crippen LogP contribution is -2.51. The van der Waals surface area contributed by atoms with E-state index in [1.54, 1.807) is 0 Å². The first-order chi connectivity index (χ1) is 12.1. The van der Waals surface area contributed by atoms with Gasteiger partial charge in [-0.25, -0.2) is 0 Å². The Morgan fingerprint density at radius 1 is 0.962 bits per heavy atom. The number of carbonyl (C=O) groups is 3. The van der Waals surface area contributed by atoms with Crippen LogP contribution < -0.4 is 0 Å². The number of hydrogen-bond acceptors (Lipinski definition) is 5. The number of hydrogen-bond donors (Lipinski definition) is 2. The number of aliphatic hydroxyl groups excluding tert-OH is 2. The van der Waals surface area contributed by atoms with Gasteiger partial charge in [-0.2, -0.15) is 0 Å². The zero-order valence-electron chi connectivity index (χ0n) is 15.6. The minimum absolute atomic E-state index is 0.0609. The Bertz CT molecular complexity index is 803. The fourth-order valence-electron chi connectivity index (χ4n) is 6.51. The zero-order chi connectivity index (χ0) is 19.0. The van der Waals surface area contributed by atoms with Crippen LogP contribution in [0.25, 0.3) is 0 Å². The molecule has 0 heterocycles. The standard InChI is InChI=1S/C21H26O5/c1-10(22)14-18(25)19(26)15-13-11(7-9-21(14,15)3)20(2)8-5-4-6-12(20)16(23)17(13)24/h11-12,14,24,26H,4-9H2,1-3H3/t11-,12?,14-,20+,21+/m0/s1. The number of rotatable bonds is 1. The van der Waals surface area contributed by atoms with E-state index in [4.69, 9.17) is 0 Å². The lowest BCUT2D eigenvalue weighted by Gasteiger charge is -2.54. The topological polar surface area (TPSA) is 91.7 Å². The molecule has 4 aliphatic rings. The normalized spacial score (nSPS) is 42.5. The summed E-state index contributed by atoms with van der Waals surface area (Å²) in [7, 11) is 0. The fourth-order valence-corrected chi connectivity index (χ4v) is 6.51. The number of fused-ring (bicyclic) bond motifs is 5. The van der Waals surface area contributed by atoms with Crippen molar-refractivity contribution >= 4 is 17.3 Å². The summed E-state index contributed by atoms with van der Waals surface area (Å²) in [6.45, 7) is 5.30. The summed E-state index contributed by atoms with van der Waals surface area (Å²) in [4.78, 5) is 37.7. The van der Waals surface area contributed by atoms with E-state index in [2.05, 4.69) is 6.92 Å². The van der Waals surface area contributed by atoms with Gasteiger partial charge in [0.1, 0.15) is 5.78 Å². The van der Waals surface area contributed by atoms with Crippen LogP contribution in [0.1, 0.15) is 59.3 Å². The first-order valence-corrected chi connectivity index (χ1v) is 9.60. The Kier molecular flexibility index (Phi) is 3.57. The number of carbonyl (C=O) groups excluding carboxylic acids is 3. The van der Waals surface area contributed by atoms with Crippen LogP contribution in [0.4, 0.5) is 0 Å². The van der Waals surface area contributed by atoms with Crippen LogP contribution in [0.15, 0.2) is 22.7 Å². The van der Waals surface area contributed by atoms with Crippen molar-refractivity contribution in [1.29, 1.82) is 0 Å². The molecule has 5 atom stereocenters. The van der Waals surface area contributed by atoms with Crippen molar-refractivity contribution in [2.24, 2.45) is 28.6 Å². The predicted molar refractivity (Wildman–Crippen MR) is 94.4 cm³/mol. The number of Topliss-reactive ketones (excluding diaryl/α,β-unsaturated/α-hetero) is 3. The molecule has 0 spiro atoms. The van der Waals surface area contributed by atoms with Crippen molar-refractivity contribution < 1.29 is 24.6 Å². The largest absolute Gasteiger partial charge is 0.504 e. The monoisotopic (exact) mass is 358 g/mol. The lowest BCUT2D eigenvalue weighted by molar-refractivity contribution is -0.134. The molecular weight excluding hydrogens is 332 g/mol. The van der Waals surface area contributed by atoms with E-state index >= 15 is 0 Å². The number of aliphatic hydroxyl groups is 2. The molecule has 2 N–H and O–H groups in total. The molecule has 0 aromatic heterocycles. The Labute approximate surface area is 153 Å². The van der Waals surface area contributed by atoms with E-state index in [0.717, 1.165) is 25.7 Å². The molecule has 5 heteroatoms. The van der Waals surface area contributed by atoms with Crippen LogP contribution in [0.3, 0.4) is 0 Å². The molecule has 2 fully saturated rings. The summed E-state index contributed by atoms with van der Waals surface area (Å²) in [5.41, 5.74) is -0.303. The summed E-state index contributed by atoms with van der Waals surface area (Å²) in [5.74, 6) is -3.01. The smallest absolute Gasteiger partial charge is 0.208 e. The van der Waals surface area contributed by atoms with Crippen molar-refractivity contribution in [2.75, 3.05) is 0 Å². The molecule has 0 aliphatic heterocycles. The van der Waals surface area contributed by atoms with Gasteiger partial charge in [-0.1, -0.05) is 26.7 Å². The summed E-state index contributed by atoms with van der Waals surface area (Å²) in [6.07, 6.45) is 5.02. The number of allylic oxidation sites excluding steroid dienone is 4. The molecular formula is C21H26O5. The van der Waals surface area contributed by atoms with E-state index in [0.29, 0.717) is 24.0 Å². The van der Waals surface area contributed by atoms with Gasteiger partial charge in [0, 0.05) is 22.5 Å². The second kappa shape index (κ2) is 5.30. The minimum atomic E-state index is -0.925. The molecule has 0 aromatic rings. The van der Waals surface area contributed by atoms with Gasteiger partial charge in [0.2, 0.25) is 11.6 Å². The molecule has 0 radical (unpaired) electrons. The Morgan fingerprint density at radius 2 is 1.65 bits per heavy atom. The third kappa shape index (κ3) is 1.89. The van der Waals surface area contributed by atoms with Crippen LogP contribution in [0, 0.1) is 28.6 Å². The SMILES string of the molecule is CC(=O)[C@H]1C(=O)C(O)=C2C3=C(O)C(=O)C4CCCC[C@]4(C)[C@H]3CC[C@@]21C. The molecule has 0 bridgehead atoms. The third-order valence-electron chi connectivity index (χ3n) is 7.77. The van der Waals surface area contributed by atoms with Crippen molar-refractivity contribution in [2.45, 2.75) is 59.3 Å². The molecule has 2 saturated carbocycles. The summed E-state index contributed by atoms with van der Waals surface area (Å²) >= 11 is 0. The highest BCUT2D eigenvalue weighted by Crippen LogP contribution is 2.64. The Morgan fingerprint density at radius 3 is 2.31 bits per heavy atom.